The Balaban J connectivity index is 1.62. The number of aliphatic hydroxyl groups is 1. The lowest BCUT2D eigenvalue weighted by Crippen LogP contribution is -2.50. The smallest absolute Gasteiger partial charge is 0.257 e. The highest BCUT2D eigenvalue weighted by Gasteiger charge is 2.24. The van der Waals surface area contributed by atoms with E-state index >= 15 is 0 Å². The first-order valence-corrected chi connectivity index (χ1v) is 8.57. The molecule has 25 heavy (non-hydrogen) atoms. The van der Waals surface area contributed by atoms with E-state index in [0.29, 0.717) is 30.9 Å². The van der Waals surface area contributed by atoms with Crippen LogP contribution in [0.2, 0.25) is 0 Å². The summed E-state index contributed by atoms with van der Waals surface area (Å²) in [5.41, 5.74) is 0.769. The molecule has 0 radical (unpaired) electrons. The molecule has 0 saturated carbocycles. The first kappa shape index (κ1) is 17.6. The van der Waals surface area contributed by atoms with Crippen LogP contribution in [0.25, 0.3) is 5.69 Å². The molecule has 1 atom stereocenters. The van der Waals surface area contributed by atoms with Crippen LogP contribution in [-0.4, -0.2) is 69.4 Å². The summed E-state index contributed by atoms with van der Waals surface area (Å²) in [4.78, 5) is 16.6. The van der Waals surface area contributed by atoms with Gasteiger partial charge in [-0.15, -0.1) is 0 Å². The summed E-state index contributed by atoms with van der Waals surface area (Å²) in [5.74, 6) is -0.481. The molecule has 0 aliphatic carbocycles. The van der Waals surface area contributed by atoms with E-state index in [4.69, 9.17) is 0 Å². The Hall–Kier alpha value is -2.25. The first-order valence-electron chi connectivity index (χ1n) is 8.57. The van der Waals surface area contributed by atoms with Crippen LogP contribution in [0, 0.1) is 5.82 Å². The zero-order valence-corrected chi connectivity index (χ0v) is 14.3. The Morgan fingerprint density at radius 3 is 2.68 bits per heavy atom. The SMILES string of the molecule is CCC(O)CN1CCN(C(=O)c2cnn(-c3ccccc3F)c2)CC1. The van der Waals surface area contributed by atoms with Crippen molar-refractivity contribution in [3.63, 3.8) is 0 Å². The normalized spacial score (nSPS) is 16.8. The van der Waals surface area contributed by atoms with Gasteiger partial charge in [0.1, 0.15) is 11.5 Å². The zero-order chi connectivity index (χ0) is 17.8. The monoisotopic (exact) mass is 346 g/mol. The Morgan fingerprint density at radius 2 is 2.00 bits per heavy atom. The van der Waals surface area contributed by atoms with Crippen LogP contribution in [0.3, 0.4) is 0 Å². The van der Waals surface area contributed by atoms with Gasteiger partial charge in [0.2, 0.25) is 0 Å². The van der Waals surface area contributed by atoms with E-state index in [0.717, 1.165) is 19.5 Å². The lowest BCUT2D eigenvalue weighted by molar-refractivity contribution is 0.0523. The second-order valence-electron chi connectivity index (χ2n) is 6.28. The second kappa shape index (κ2) is 7.76. The number of nitrogens with zero attached hydrogens (tertiary/aromatic N) is 4. The number of carbonyl (C=O) groups is 1. The van der Waals surface area contributed by atoms with Gasteiger partial charge in [0.15, 0.2) is 0 Å². The minimum atomic E-state index is -0.382. The number of piperazine rings is 1. The van der Waals surface area contributed by atoms with Crippen molar-refractivity contribution in [2.45, 2.75) is 19.4 Å². The van der Waals surface area contributed by atoms with Gasteiger partial charge in [-0.05, 0) is 18.6 Å². The van der Waals surface area contributed by atoms with Gasteiger partial charge < -0.3 is 10.0 Å². The van der Waals surface area contributed by atoms with Crippen molar-refractivity contribution in [2.75, 3.05) is 32.7 Å². The highest BCUT2D eigenvalue weighted by Crippen LogP contribution is 2.14. The second-order valence-corrected chi connectivity index (χ2v) is 6.28. The quantitative estimate of drug-likeness (QED) is 0.892. The fraction of sp³-hybridized carbons (Fsp3) is 0.444. The number of amides is 1. The number of carbonyl (C=O) groups excluding carboxylic acids is 1. The highest BCUT2D eigenvalue weighted by atomic mass is 19.1. The molecule has 134 valence electrons. The minimum Gasteiger partial charge on any atom is -0.392 e. The van der Waals surface area contributed by atoms with Crippen LogP contribution in [0.15, 0.2) is 36.7 Å². The average Bonchev–Trinajstić information content (AvgIpc) is 3.12. The van der Waals surface area contributed by atoms with Crippen LogP contribution in [-0.2, 0) is 0 Å². The van der Waals surface area contributed by atoms with E-state index < -0.39 is 0 Å². The summed E-state index contributed by atoms with van der Waals surface area (Å²) >= 11 is 0. The van der Waals surface area contributed by atoms with Gasteiger partial charge in [-0.2, -0.15) is 5.10 Å². The van der Waals surface area contributed by atoms with Gasteiger partial charge in [0, 0.05) is 38.9 Å². The molecule has 6 nitrogen and oxygen atoms in total. The largest absolute Gasteiger partial charge is 0.392 e. The van der Waals surface area contributed by atoms with Crippen molar-refractivity contribution >= 4 is 5.91 Å². The molecule has 2 heterocycles. The molecule has 1 aliphatic rings. The van der Waals surface area contributed by atoms with E-state index in [1.165, 1.54) is 16.9 Å². The maximum Gasteiger partial charge on any atom is 0.257 e. The van der Waals surface area contributed by atoms with Crippen LogP contribution < -0.4 is 0 Å². The third-order valence-corrected chi connectivity index (χ3v) is 4.53. The van der Waals surface area contributed by atoms with E-state index in [2.05, 4.69) is 10.00 Å². The molecule has 1 aliphatic heterocycles. The van der Waals surface area contributed by atoms with E-state index in [9.17, 15) is 14.3 Å². The van der Waals surface area contributed by atoms with Gasteiger partial charge in [0.25, 0.3) is 5.91 Å². The lowest BCUT2D eigenvalue weighted by Gasteiger charge is -2.35. The van der Waals surface area contributed by atoms with Gasteiger partial charge in [-0.25, -0.2) is 9.07 Å². The molecule has 1 saturated heterocycles. The van der Waals surface area contributed by atoms with Crippen LogP contribution in [0.4, 0.5) is 4.39 Å². The van der Waals surface area contributed by atoms with E-state index in [-0.39, 0.29) is 17.8 Å². The average molecular weight is 346 g/mol. The lowest BCUT2D eigenvalue weighted by atomic mass is 10.2. The summed E-state index contributed by atoms with van der Waals surface area (Å²) in [7, 11) is 0. The fourth-order valence-corrected chi connectivity index (χ4v) is 2.95. The van der Waals surface area contributed by atoms with Crippen molar-refractivity contribution in [3.05, 3.63) is 48.0 Å². The van der Waals surface area contributed by atoms with Gasteiger partial charge in [-0.3, -0.25) is 9.69 Å². The van der Waals surface area contributed by atoms with Crippen LogP contribution in [0.5, 0.6) is 0 Å². The zero-order valence-electron chi connectivity index (χ0n) is 14.3. The van der Waals surface area contributed by atoms with Gasteiger partial charge >= 0.3 is 0 Å². The summed E-state index contributed by atoms with van der Waals surface area (Å²) in [6.07, 6.45) is 3.45. The number of halogens is 1. The number of hydrogen-bond acceptors (Lipinski definition) is 4. The molecular formula is C18H23FN4O2. The third kappa shape index (κ3) is 4.05. The minimum absolute atomic E-state index is 0.0988. The molecule has 1 fully saturated rings. The fourth-order valence-electron chi connectivity index (χ4n) is 2.95. The third-order valence-electron chi connectivity index (χ3n) is 4.53. The van der Waals surface area contributed by atoms with Crippen molar-refractivity contribution in [1.29, 1.82) is 0 Å². The summed E-state index contributed by atoms with van der Waals surface area (Å²) in [6, 6.07) is 6.33. The van der Waals surface area contributed by atoms with E-state index in [1.54, 1.807) is 29.3 Å². The summed E-state index contributed by atoms with van der Waals surface area (Å²) < 4.78 is 15.2. The Labute approximate surface area is 146 Å². The number of rotatable bonds is 5. The number of hydrogen-bond donors (Lipinski definition) is 1. The molecule has 3 rings (SSSR count). The predicted molar refractivity (Wildman–Crippen MR) is 92.2 cm³/mol. The summed E-state index contributed by atoms with van der Waals surface area (Å²) in [5, 5.41) is 13.8. The first-order chi connectivity index (χ1) is 12.1. The maximum absolute atomic E-state index is 13.8. The molecule has 1 aromatic heterocycles. The number of para-hydroxylation sites is 1. The number of aromatic nitrogens is 2. The molecule has 0 bridgehead atoms. The molecule has 7 heteroatoms. The predicted octanol–water partition coefficient (Wildman–Crippen LogP) is 1.54. The van der Waals surface area contributed by atoms with Gasteiger partial charge in [-0.1, -0.05) is 19.1 Å². The number of β-amino-alcohol motifs (C(OH)–C–C–N with tert-alkyl or cyclic N) is 1. The Bertz CT molecular complexity index is 725. The van der Waals surface area contributed by atoms with Crippen LogP contribution in [0.1, 0.15) is 23.7 Å². The Morgan fingerprint density at radius 1 is 1.28 bits per heavy atom. The molecule has 1 N–H and O–H groups in total. The number of benzene rings is 1. The van der Waals surface area contributed by atoms with Crippen molar-refractivity contribution in [3.8, 4) is 5.69 Å². The molecule has 2 aromatic rings. The topological polar surface area (TPSA) is 61.6 Å². The maximum atomic E-state index is 13.8. The molecule has 1 amide bonds. The van der Waals surface area contributed by atoms with Gasteiger partial charge in [0.05, 0.1) is 17.9 Å². The summed E-state index contributed by atoms with van der Waals surface area (Å²) in [6.45, 7) is 5.30. The van der Waals surface area contributed by atoms with Crippen molar-refractivity contribution in [2.24, 2.45) is 0 Å². The molecular weight excluding hydrogens is 323 g/mol. The van der Waals surface area contributed by atoms with Crippen molar-refractivity contribution in [1.82, 2.24) is 19.6 Å². The molecule has 0 spiro atoms. The number of aliphatic hydroxyl groups excluding tert-OH is 1. The molecule has 1 unspecified atom stereocenters. The van der Waals surface area contributed by atoms with E-state index in [1.807, 2.05) is 6.92 Å². The molecule has 1 aromatic carbocycles. The standard InChI is InChI=1S/C18H23FN4O2/c1-2-15(24)13-21-7-9-22(10-8-21)18(25)14-11-20-23(12-14)17-6-4-3-5-16(17)19/h3-6,11-12,15,24H,2,7-10,13H2,1H3. The Kier molecular flexibility index (Phi) is 5.45. The van der Waals surface area contributed by atoms with Crippen LogP contribution >= 0.6 is 0 Å². The van der Waals surface area contributed by atoms with Crippen molar-refractivity contribution < 1.29 is 14.3 Å². The highest BCUT2D eigenvalue weighted by molar-refractivity contribution is 5.93.